The molecule has 1 aromatic heterocycles. The van der Waals surface area contributed by atoms with E-state index in [1.165, 1.54) is 30.1 Å². The first kappa shape index (κ1) is 16.7. The Labute approximate surface area is 151 Å². The Bertz CT molecular complexity index is 862. The molecule has 0 aliphatic carbocycles. The second-order valence-electron chi connectivity index (χ2n) is 4.71. The van der Waals surface area contributed by atoms with Gasteiger partial charge in [0.1, 0.15) is 11.5 Å². The monoisotopic (exact) mass is 380 g/mol. The van der Waals surface area contributed by atoms with E-state index >= 15 is 0 Å². The van der Waals surface area contributed by atoms with Crippen molar-refractivity contribution >= 4 is 58.0 Å². The summed E-state index contributed by atoms with van der Waals surface area (Å²) in [6, 6.07) is 7.90. The summed E-state index contributed by atoms with van der Waals surface area (Å²) >= 11 is 12.2. The molecular weight excluding hydrogens is 372 g/mol. The number of thioether (sulfide) groups is 1. The molecule has 6 nitrogen and oxygen atoms in total. The third-order valence-corrected chi connectivity index (χ3v) is 4.79. The number of carbonyl (C=O) groups is 2. The van der Waals surface area contributed by atoms with Crippen LogP contribution in [0.2, 0.25) is 5.02 Å². The molecule has 0 saturated carbocycles. The molecule has 24 heavy (non-hydrogen) atoms. The second-order valence-corrected chi connectivity index (χ2v) is 6.72. The molecule has 1 fully saturated rings. The number of carboxylic acid groups (broad SMARTS) is 1. The van der Waals surface area contributed by atoms with Crippen LogP contribution in [0.25, 0.3) is 11.3 Å². The molecule has 0 radical (unpaired) electrons. The van der Waals surface area contributed by atoms with Crippen LogP contribution in [-0.2, 0) is 4.79 Å². The summed E-state index contributed by atoms with van der Waals surface area (Å²) in [5.74, 6) is -0.0588. The number of furan rings is 1. The molecule has 122 valence electrons. The van der Waals surface area contributed by atoms with E-state index in [0.29, 0.717) is 21.4 Å². The third kappa shape index (κ3) is 3.35. The number of halogens is 1. The number of carbonyl (C=O) groups excluding carboxylic acids is 1. The van der Waals surface area contributed by atoms with Crippen molar-refractivity contribution < 1.29 is 19.1 Å². The van der Waals surface area contributed by atoms with Crippen LogP contribution in [0.3, 0.4) is 0 Å². The van der Waals surface area contributed by atoms with E-state index in [4.69, 9.17) is 33.3 Å². The zero-order valence-corrected chi connectivity index (χ0v) is 14.3. The van der Waals surface area contributed by atoms with E-state index in [1.807, 2.05) is 0 Å². The minimum absolute atomic E-state index is 0.0207. The molecule has 0 atom stereocenters. The number of carboxylic acids is 1. The first-order valence-electron chi connectivity index (χ1n) is 6.62. The summed E-state index contributed by atoms with van der Waals surface area (Å²) < 4.78 is 6.01. The van der Waals surface area contributed by atoms with Crippen molar-refractivity contribution in [3.8, 4) is 11.3 Å². The molecule has 9 heteroatoms. The normalized spacial score (nSPS) is 14.8. The lowest BCUT2D eigenvalue weighted by Crippen LogP contribution is -2.22. The lowest BCUT2D eigenvalue weighted by atomic mass is 10.1. The van der Waals surface area contributed by atoms with Gasteiger partial charge in [0.2, 0.25) is 0 Å². The maximum absolute atomic E-state index is 11.6. The Hall–Kier alpha value is -2.16. The van der Waals surface area contributed by atoms with Crippen LogP contribution in [-0.4, -0.2) is 38.3 Å². The van der Waals surface area contributed by atoms with Crippen molar-refractivity contribution in [3.63, 3.8) is 0 Å². The topological polar surface area (TPSA) is 83.1 Å². The van der Waals surface area contributed by atoms with Crippen molar-refractivity contribution in [1.82, 2.24) is 5.01 Å². The number of amides is 1. The van der Waals surface area contributed by atoms with Gasteiger partial charge in [0.05, 0.1) is 22.6 Å². The Kier molecular flexibility index (Phi) is 4.70. The largest absolute Gasteiger partial charge is 0.478 e. The highest BCUT2D eigenvalue weighted by Crippen LogP contribution is 2.27. The quantitative estimate of drug-likeness (QED) is 0.645. The van der Waals surface area contributed by atoms with E-state index in [0.717, 1.165) is 5.01 Å². The molecule has 1 aromatic carbocycles. The van der Waals surface area contributed by atoms with Gasteiger partial charge in [-0.3, -0.25) is 4.79 Å². The fraction of sp³-hybridized carbons (Fsp3) is 0.0667. The van der Waals surface area contributed by atoms with Gasteiger partial charge in [-0.1, -0.05) is 41.6 Å². The van der Waals surface area contributed by atoms with Crippen molar-refractivity contribution in [1.29, 1.82) is 0 Å². The number of hydrogen-bond acceptors (Lipinski definition) is 6. The molecule has 1 N–H and O–H groups in total. The highest BCUT2D eigenvalue weighted by Gasteiger charge is 2.26. The average molecular weight is 381 g/mol. The number of benzene rings is 1. The predicted molar refractivity (Wildman–Crippen MR) is 95.6 cm³/mol. The number of hydrazone groups is 1. The standard InChI is InChI=1S/C15H9ClN2O4S2/c16-11-5-8(1-3-10(11)14(20)21)12-4-2-9(22-12)6-17-18-13(19)7-24-15(18)23/h1-6H,7H2,(H,20,21)/b17-6-. The molecule has 1 aliphatic heterocycles. The number of thiocarbonyl (C=S) groups is 1. The third-order valence-electron chi connectivity index (χ3n) is 3.14. The van der Waals surface area contributed by atoms with Gasteiger partial charge in [-0.15, -0.1) is 0 Å². The highest BCUT2D eigenvalue weighted by molar-refractivity contribution is 8.23. The van der Waals surface area contributed by atoms with Crippen molar-refractivity contribution in [2.75, 3.05) is 5.75 Å². The Balaban J connectivity index is 1.81. The summed E-state index contributed by atoms with van der Waals surface area (Å²) in [4.78, 5) is 22.5. The van der Waals surface area contributed by atoms with Crippen LogP contribution in [0.4, 0.5) is 0 Å². The number of aromatic carboxylic acids is 1. The van der Waals surface area contributed by atoms with Crippen LogP contribution in [0.15, 0.2) is 39.9 Å². The molecule has 1 amide bonds. The van der Waals surface area contributed by atoms with Crippen LogP contribution >= 0.6 is 35.6 Å². The molecule has 3 rings (SSSR count). The average Bonchev–Trinajstić information content (AvgIpc) is 3.12. The Morgan fingerprint density at radius 3 is 2.83 bits per heavy atom. The molecule has 0 spiro atoms. The van der Waals surface area contributed by atoms with Gasteiger partial charge in [-0.05, 0) is 24.3 Å². The SMILES string of the molecule is O=C(O)c1ccc(-c2ccc(/C=N\N3C(=O)CSC3=S)o2)cc1Cl. The first-order valence-corrected chi connectivity index (χ1v) is 8.39. The molecule has 2 heterocycles. The number of hydrogen-bond donors (Lipinski definition) is 1. The fourth-order valence-electron chi connectivity index (χ4n) is 1.99. The Morgan fingerprint density at radius 1 is 1.42 bits per heavy atom. The van der Waals surface area contributed by atoms with E-state index in [9.17, 15) is 9.59 Å². The Morgan fingerprint density at radius 2 is 2.21 bits per heavy atom. The zero-order valence-electron chi connectivity index (χ0n) is 11.9. The minimum Gasteiger partial charge on any atom is -0.478 e. The van der Waals surface area contributed by atoms with Crippen LogP contribution in [0.1, 0.15) is 16.1 Å². The van der Waals surface area contributed by atoms with E-state index in [-0.39, 0.29) is 22.2 Å². The van der Waals surface area contributed by atoms with Crippen molar-refractivity contribution in [3.05, 3.63) is 46.7 Å². The molecule has 2 aromatic rings. The second kappa shape index (κ2) is 6.76. The van der Waals surface area contributed by atoms with Crippen molar-refractivity contribution in [2.45, 2.75) is 0 Å². The van der Waals surface area contributed by atoms with Crippen LogP contribution < -0.4 is 0 Å². The van der Waals surface area contributed by atoms with Gasteiger partial charge in [-0.2, -0.15) is 10.1 Å². The number of rotatable bonds is 4. The minimum atomic E-state index is -1.09. The summed E-state index contributed by atoms with van der Waals surface area (Å²) in [7, 11) is 0. The molecule has 1 saturated heterocycles. The summed E-state index contributed by atoms with van der Waals surface area (Å²) in [6.45, 7) is 0. The highest BCUT2D eigenvalue weighted by atomic mass is 35.5. The van der Waals surface area contributed by atoms with Gasteiger partial charge in [0.25, 0.3) is 5.91 Å². The summed E-state index contributed by atoms with van der Waals surface area (Å²) in [5.41, 5.74) is 0.653. The van der Waals surface area contributed by atoms with E-state index in [1.54, 1.807) is 18.2 Å². The van der Waals surface area contributed by atoms with E-state index < -0.39 is 5.97 Å². The van der Waals surface area contributed by atoms with Gasteiger partial charge >= 0.3 is 5.97 Å². The summed E-state index contributed by atoms with van der Waals surface area (Å²) in [6.07, 6.45) is 1.40. The molecular formula is C15H9ClN2O4S2. The lowest BCUT2D eigenvalue weighted by Gasteiger charge is -2.05. The smallest absolute Gasteiger partial charge is 0.337 e. The number of nitrogens with zero attached hydrogens (tertiary/aromatic N) is 2. The lowest BCUT2D eigenvalue weighted by molar-refractivity contribution is -0.124. The maximum atomic E-state index is 11.6. The van der Waals surface area contributed by atoms with Gasteiger partial charge in [0.15, 0.2) is 4.32 Å². The van der Waals surface area contributed by atoms with E-state index in [2.05, 4.69) is 5.10 Å². The summed E-state index contributed by atoms with van der Waals surface area (Å²) in [5, 5.41) is 14.3. The van der Waals surface area contributed by atoms with Gasteiger partial charge in [0, 0.05) is 5.56 Å². The first-order chi connectivity index (χ1) is 11.5. The maximum Gasteiger partial charge on any atom is 0.337 e. The fourth-order valence-corrected chi connectivity index (χ4v) is 3.22. The molecule has 0 bridgehead atoms. The molecule has 1 aliphatic rings. The van der Waals surface area contributed by atoms with Crippen LogP contribution in [0.5, 0.6) is 0 Å². The zero-order chi connectivity index (χ0) is 17.3. The van der Waals surface area contributed by atoms with Gasteiger partial charge < -0.3 is 9.52 Å². The van der Waals surface area contributed by atoms with Gasteiger partial charge in [-0.25, -0.2) is 4.79 Å². The predicted octanol–water partition coefficient (Wildman–Crippen LogP) is 3.49. The van der Waals surface area contributed by atoms with Crippen LogP contribution in [0, 0.1) is 0 Å². The molecule has 0 unspecified atom stereocenters. The van der Waals surface area contributed by atoms with Crippen molar-refractivity contribution in [2.24, 2.45) is 5.10 Å².